The average molecular weight is 573 g/mol. The molecule has 5 atom stereocenters. The third kappa shape index (κ3) is 7.77. The number of fused-ring (bicyclic) bond motifs is 1. The van der Waals surface area contributed by atoms with Crippen LogP contribution in [0.25, 0.3) is 0 Å². The van der Waals surface area contributed by atoms with Crippen LogP contribution in [0.5, 0.6) is 0 Å². The maximum absolute atomic E-state index is 14.1. The van der Waals surface area contributed by atoms with Crippen LogP contribution in [-0.4, -0.2) is 71.3 Å². The molecular formula is C31H48N4O6. The average Bonchev–Trinajstić information content (AvgIpc) is 3.23. The molecule has 0 aromatic carbocycles. The minimum Gasteiger partial charge on any atom is -0.436 e. The maximum atomic E-state index is 14.1. The van der Waals surface area contributed by atoms with E-state index in [1.165, 1.54) is 6.08 Å². The Morgan fingerprint density at radius 2 is 1.71 bits per heavy atom. The molecule has 2 aliphatic carbocycles. The zero-order valence-corrected chi connectivity index (χ0v) is 25.3. The van der Waals surface area contributed by atoms with Crippen LogP contribution in [0.15, 0.2) is 25.3 Å². The Bertz CT molecular complexity index is 1040. The van der Waals surface area contributed by atoms with Crippen molar-refractivity contribution in [3.8, 4) is 0 Å². The van der Waals surface area contributed by atoms with Crippen LogP contribution >= 0.6 is 0 Å². The fourth-order valence-corrected chi connectivity index (χ4v) is 6.43. The molecule has 228 valence electrons. The second-order valence-corrected chi connectivity index (χ2v) is 13.3. The van der Waals surface area contributed by atoms with E-state index in [1.807, 2.05) is 20.8 Å². The summed E-state index contributed by atoms with van der Waals surface area (Å²) in [6.07, 6.45) is 6.53. The Kier molecular flexibility index (Phi) is 10.4. The highest BCUT2D eigenvalue weighted by Gasteiger charge is 2.70. The van der Waals surface area contributed by atoms with Gasteiger partial charge in [-0.25, -0.2) is 4.79 Å². The molecule has 0 spiro atoms. The number of likely N-dealkylation sites (tertiary alicyclic amines) is 1. The Balaban J connectivity index is 1.85. The minimum absolute atomic E-state index is 0.105. The fourth-order valence-electron chi connectivity index (χ4n) is 6.43. The minimum atomic E-state index is -1.06. The van der Waals surface area contributed by atoms with E-state index in [2.05, 4.69) is 43.0 Å². The normalized spacial score (nSPS) is 24.7. The highest BCUT2D eigenvalue weighted by Crippen LogP contribution is 2.65. The highest BCUT2D eigenvalue weighted by molar-refractivity contribution is 6.38. The number of hydrogen-bond acceptors (Lipinski definition) is 6. The second kappa shape index (κ2) is 13.2. The summed E-state index contributed by atoms with van der Waals surface area (Å²) in [5.74, 6) is -2.54. The van der Waals surface area contributed by atoms with Crippen molar-refractivity contribution in [1.29, 1.82) is 0 Å². The van der Waals surface area contributed by atoms with Crippen molar-refractivity contribution in [2.24, 2.45) is 23.2 Å². The quantitative estimate of drug-likeness (QED) is 0.243. The molecule has 1 saturated heterocycles. The van der Waals surface area contributed by atoms with E-state index >= 15 is 0 Å². The third-order valence-corrected chi connectivity index (χ3v) is 8.72. The number of nitrogens with one attached hydrogen (secondary N) is 3. The number of piperidine rings is 1. The van der Waals surface area contributed by atoms with Gasteiger partial charge >= 0.3 is 6.09 Å². The fraction of sp³-hybridized carbons (Fsp3) is 0.710. The first-order valence-corrected chi connectivity index (χ1v) is 14.9. The maximum Gasteiger partial charge on any atom is 0.408 e. The van der Waals surface area contributed by atoms with Gasteiger partial charge in [0.25, 0.3) is 11.8 Å². The number of nitrogens with zero attached hydrogens (tertiary/aromatic N) is 1. The molecule has 3 fully saturated rings. The molecule has 0 radical (unpaired) electrons. The van der Waals surface area contributed by atoms with Crippen LogP contribution in [-0.2, 0) is 23.9 Å². The lowest BCUT2D eigenvalue weighted by molar-refractivity contribution is -0.150. The number of allylic oxidation sites excluding steroid dienone is 1. The van der Waals surface area contributed by atoms with E-state index in [0.717, 1.165) is 32.1 Å². The number of rotatable bonds is 12. The molecule has 0 aromatic heterocycles. The second-order valence-electron chi connectivity index (χ2n) is 13.3. The van der Waals surface area contributed by atoms with E-state index in [1.54, 1.807) is 11.0 Å². The number of hydrogen-bond donors (Lipinski definition) is 3. The van der Waals surface area contributed by atoms with Crippen molar-refractivity contribution in [3.63, 3.8) is 0 Å². The van der Waals surface area contributed by atoms with Gasteiger partial charge in [-0.05, 0) is 63.7 Å². The summed E-state index contributed by atoms with van der Waals surface area (Å²) >= 11 is 0. The molecule has 0 aromatic rings. The predicted octanol–water partition coefficient (Wildman–Crippen LogP) is 3.27. The molecule has 3 rings (SSSR count). The van der Waals surface area contributed by atoms with Crippen molar-refractivity contribution in [3.05, 3.63) is 25.3 Å². The van der Waals surface area contributed by atoms with Crippen LogP contribution in [0.2, 0.25) is 0 Å². The summed E-state index contributed by atoms with van der Waals surface area (Å²) in [6, 6.07) is -1.90. The van der Waals surface area contributed by atoms with Gasteiger partial charge in [0.05, 0.1) is 6.04 Å². The number of ether oxygens (including phenoxy) is 1. The predicted molar refractivity (Wildman–Crippen MR) is 156 cm³/mol. The van der Waals surface area contributed by atoms with Crippen molar-refractivity contribution >= 4 is 29.6 Å². The van der Waals surface area contributed by atoms with E-state index in [9.17, 15) is 24.0 Å². The Morgan fingerprint density at radius 3 is 2.29 bits per heavy atom. The van der Waals surface area contributed by atoms with E-state index in [0.29, 0.717) is 13.0 Å². The molecule has 0 bridgehead atoms. The van der Waals surface area contributed by atoms with Crippen LogP contribution in [0.3, 0.4) is 0 Å². The van der Waals surface area contributed by atoms with Gasteiger partial charge in [0.1, 0.15) is 6.04 Å². The number of ketones is 1. The van der Waals surface area contributed by atoms with Gasteiger partial charge in [-0.15, -0.1) is 13.2 Å². The first kappa shape index (κ1) is 32.3. The molecule has 10 heteroatoms. The monoisotopic (exact) mass is 572 g/mol. The smallest absolute Gasteiger partial charge is 0.408 e. The van der Waals surface area contributed by atoms with Gasteiger partial charge in [-0.1, -0.05) is 45.3 Å². The number of carbonyl (C=O) groups is 5. The van der Waals surface area contributed by atoms with E-state index < -0.39 is 47.4 Å². The number of amides is 4. The summed E-state index contributed by atoms with van der Waals surface area (Å²) in [6.45, 7) is 17.4. The first-order chi connectivity index (χ1) is 19.2. The lowest BCUT2D eigenvalue weighted by atomic mass is 9.84. The molecule has 1 unspecified atom stereocenters. The topological polar surface area (TPSA) is 134 Å². The molecule has 4 amide bonds. The largest absolute Gasteiger partial charge is 0.436 e. The van der Waals surface area contributed by atoms with Gasteiger partial charge in [0, 0.05) is 24.5 Å². The first-order valence-electron chi connectivity index (χ1n) is 14.9. The lowest BCUT2D eigenvalue weighted by Gasteiger charge is -2.36. The molecular weight excluding hydrogens is 524 g/mol. The SMILES string of the molecule is C=CCCC(NC(=O)[C@@H]1[C@@H]2[C@H](CN1C(=O)[C@@H](OC(=O)NC(C)(C)C)C1CCCCC1)C2(C)C)C(=O)C(=O)NCC=C. The zero-order valence-electron chi connectivity index (χ0n) is 25.3. The Labute approximate surface area is 244 Å². The van der Waals surface area contributed by atoms with Gasteiger partial charge in [-0.3, -0.25) is 19.2 Å². The van der Waals surface area contributed by atoms with Gasteiger partial charge in [0.2, 0.25) is 11.7 Å². The molecule has 2 saturated carbocycles. The van der Waals surface area contributed by atoms with Crippen LogP contribution in [0.1, 0.15) is 79.6 Å². The van der Waals surface area contributed by atoms with E-state index in [4.69, 9.17) is 4.74 Å². The molecule has 1 heterocycles. The molecule has 3 N–H and O–H groups in total. The van der Waals surface area contributed by atoms with Crippen molar-refractivity contribution in [1.82, 2.24) is 20.9 Å². The van der Waals surface area contributed by atoms with Crippen molar-refractivity contribution in [2.45, 2.75) is 103 Å². The number of alkyl carbamates (subject to hydrolysis) is 1. The number of carbonyl (C=O) groups excluding carboxylic acids is 5. The molecule has 41 heavy (non-hydrogen) atoms. The summed E-state index contributed by atoms with van der Waals surface area (Å²) in [7, 11) is 0. The van der Waals surface area contributed by atoms with Crippen LogP contribution < -0.4 is 16.0 Å². The zero-order chi connectivity index (χ0) is 30.5. The lowest BCUT2D eigenvalue weighted by Crippen LogP contribution is -2.58. The third-order valence-electron chi connectivity index (χ3n) is 8.72. The standard InChI is InChI=1S/C31H48N4O6/c1-8-10-16-21(24(36)27(38)32-17-9-2)33-26(37)23-22-20(31(22,6)7)18-35(23)28(39)25(19-14-12-11-13-15-19)41-29(40)34-30(3,4)5/h8-9,19-23,25H,1-2,10-18H2,3-7H3,(H,32,38)(H,33,37)(H,34,40)/t20-,21?,22-,23-,25-/m0/s1. The van der Waals surface area contributed by atoms with Crippen LogP contribution in [0, 0.1) is 23.2 Å². The van der Waals surface area contributed by atoms with Crippen LogP contribution in [0.4, 0.5) is 4.79 Å². The summed E-state index contributed by atoms with van der Waals surface area (Å²) in [5.41, 5.74) is -0.699. The Hall–Kier alpha value is -3.17. The van der Waals surface area contributed by atoms with Crippen molar-refractivity contribution < 1.29 is 28.7 Å². The van der Waals surface area contributed by atoms with Gasteiger partial charge in [-0.2, -0.15) is 0 Å². The molecule has 3 aliphatic rings. The summed E-state index contributed by atoms with van der Waals surface area (Å²) in [4.78, 5) is 67.7. The molecule has 1 aliphatic heterocycles. The van der Waals surface area contributed by atoms with Gasteiger partial charge in [0.15, 0.2) is 6.10 Å². The Morgan fingerprint density at radius 1 is 1.05 bits per heavy atom. The highest BCUT2D eigenvalue weighted by atomic mass is 16.6. The van der Waals surface area contributed by atoms with Gasteiger partial charge < -0.3 is 25.6 Å². The van der Waals surface area contributed by atoms with Crippen molar-refractivity contribution in [2.75, 3.05) is 13.1 Å². The summed E-state index contributed by atoms with van der Waals surface area (Å²) < 4.78 is 5.81. The molecule has 10 nitrogen and oxygen atoms in total. The summed E-state index contributed by atoms with van der Waals surface area (Å²) in [5, 5.41) is 8.04. The number of Topliss-reactive ketones (excluding diaryl/α,β-unsaturated/α-hetero) is 1. The van der Waals surface area contributed by atoms with E-state index in [-0.39, 0.29) is 42.0 Å².